The van der Waals surface area contributed by atoms with Gasteiger partial charge >= 0.3 is 5.97 Å². The quantitative estimate of drug-likeness (QED) is 0.215. The van der Waals surface area contributed by atoms with E-state index in [1.54, 1.807) is 18.2 Å². The minimum Gasteiger partial charge on any atom is -0.380 e. The van der Waals surface area contributed by atoms with E-state index in [2.05, 4.69) is 21.1 Å². The fourth-order valence-corrected chi connectivity index (χ4v) is 2.27. The zero-order valence-electron chi connectivity index (χ0n) is 11.8. The Morgan fingerprint density at radius 3 is 2.48 bits per heavy atom. The third-order valence-corrected chi connectivity index (χ3v) is 3.59. The number of benzene rings is 2. The molecule has 0 saturated carbocycles. The second kappa shape index (κ2) is 7.50. The molecule has 0 spiro atoms. The number of nitro benzene ring substituents is 1. The van der Waals surface area contributed by atoms with Gasteiger partial charge in [-0.2, -0.15) is 0 Å². The van der Waals surface area contributed by atoms with Crippen molar-refractivity contribution < 1.29 is 14.6 Å². The van der Waals surface area contributed by atoms with Crippen LogP contribution in [0, 0.1) is 10.1 Å². The Morgan fingerprint density at radius 2 is 1.87 bits per heavy atom. The van der Waals surface area contributed by atoms with Crippen molar-refractivity contribution in [3.8, 4) is 0 Å². The Balaban J connectivity index is 2.12. The summed E-state index contributed by atoms with van der Waals surface area (Å²) >= 11 is 3.29. The number of oxime groups is 1. The summed E-state index contributed by atoms with van der Waals surface area (Å²) in [7, 11) is 0. The summed E-state index contributed by atoms with van der Waals surface area (Å²) in [6, 6.07) is 12.4. The fraction of sp³-hybridized carbons (Fsp3) is 0.0667. The van der Waals surface area contributed by atoms with Crippen LogP contribution in [0.3, 0.4) is 0 Å². The summed E-state index contributed by atoms with van der Waals surface area (Å²) in [4.78, 5) is 26.9. The van der Waals surface area contributed by atoms with E-state index in [-0.39, 0.29) is 11.5 Å². The summed E-state index contributed by atoms with van der Waals surface area (Å²) < 4.78 is 0. The van der Waals surface area contributed by atoms with Crippen molar-refractivity contribution in [2.24, 2.45) is 10.9 Å². The van der Waals surface area contributed by atoms with Gasteiger partial charge < -0.3 is 10.6 Å². The van der Waals surface area contributed by atoms with Gasteiger partial charge in [0.25, 0.3) is 5.69 Å². The predicted octanol–water partition coefficient (Wildman–Crippen LogP) is 2.97. The Labute approximate surface area is 140 Å². The fourth-order valence-electron chi connectivity index (χ4n) is 1.78. The zero-order valence-corrected chi connectivity index (χ0v) is 13.4. The maximum atomic E-state index is 12.0. The van der Waals surface area contributed by atoms with Gasteiger partial charge in [0.15, 0.2) is 5.84 Å². The maximum Gasteiger partial charge on any atom is 0.366 e. The van der Waals surface area contributed by atoms with Gasteiger partial charge in [-0.15, -0.1) is 0 Å². The molecule has 0 aliphatic heterocycles. The summed E-state index contributed by atoms with van der Waals surface area (Å²) in [5.41, 5.74) is 7.21. The normalized spacial score (nSPS) is 11.1. The standard InChI is InChI=1S/C15H12BrN3O4/c16-9-11-3-1-2-4-13(11)15(20)23-18-14(17)10-5-7-12(8-6-10)19(21)22/h1-8H,9H2,(H2,17,18). The molecule has 0 bridgehead atoms. The lowest BCUT2D eigenvalue weighted by Gasteiger charge is -2.04. The maximum absolute atomic E-state index is 12.0. The molecule has 0 atom stereocenters. The molecule has 0 saturated heterocycles. The van der Waals surface area contributed by atoms with Crippen molar-refractivity contribution in [3.63, 3.8) is 0 Å². The Hall–Kier alpha value is -2.74. The van der Waals surface area contributed by atoms with Gasteiger partial charge in [-0.05, 0) is 23.8 Å². The number of nitro groups is 1. The molecule has 0 amide bonds. The van der Waals surface area contributed by atoms with Crippen LogP contribution in [0.4, 0.5) is 5.69 Å². The molecule has 0 fully saturated rings. The first-order valence-electron chi connectivity index (χ1n) is 6.46. The minimum atomic E-state index is -0.634. The van der Waals surface area contributed by atoms with Gasteiger partial charge in [0.1, 0.15) is 0 Å². The molecule has 2 aromatic carbocycles. The average Bonchev–Trinajstić information content (AvgIpc) is 2.59. The highest BCUT2D eigenvalue weighted by molar-refractivity contribution is 9.08. The molecule has 0 aliphatic rings. The smallest absolute Gasteiger partial charge is 0.366 e. The molecule has 2 rings (SSSR count). The predicted molar refractivity (Wildman–Crippen MR) is 88.3 cm³/mol. The highest BCUT2D eigenvalue weighted by Gasteiger charge is 2.12. The first-order valence-corrected chi connectivity index (χ1v) is 7.58. The van der Waals surface area contributed by atoms with Gasteiger partial charge in [-0.3, -0.25) is 10.1 Å². The molecule has 0 radical (unpaired) electrons. The molecular weight excluding hydrogens is 366 g/mol. The summed E-state index contributed by atoms with van der Waals surface area (Å²) in [5.74, 6) is -0.686. The molecule has 0 heterocycles. The molecule has 7 nitrogen and oxygen atoms in total. The zero-order chi connectivity index (χ0) is 16.8. The van der Waals surface area contributed by atoms with Crippen LogP contribution in [0.25, 0.3) is 0 Å². The first kappa shape index (κ1) is 16.6. The van der Waals surface area contributed by atoms with Gasteiger partial charge in [0.2, 0.25) is 0 Å². The molecule has 2 N–H and O–H groups in total. The van der Waals surface area contributed by atoms with Crippen molar-refractivity contribution in [2.45, 2.75) is 5.33 Å². The summed E-state index contributed by atoms with van der Waals surface area (Å²) in [6.45, 7) is 0. The van der Waals surface area contributed by atoms with Crippen molar-refractivity contribution in [1.82, 2.24) is 0 Å². The molecule has 0 unspecified atom stereocenters. The lowest BCUT2D eigenvalue weighted by molar-refractivity contribution is -0.384. The average molecular weight is 378 g/mol. The second-order valence-electron chi connectivity index (χ2n) is 4.45. The van der Waals surface area contributed by atoms with E-state index in [0.717, 1.165) is 5.56 Å². The van der Waals surface area contributed by atoms with E-state index in [9.17, 15) is 14.9 Å². The Kier molecular flexibility index (Phi) is 5.42. The Morgan fingerprint density at radius 1 is 1.22 bits per heavy atom. The van der Waals surface area contributed by atoms with Crippen molar-refractivity contribution in [2.75, 3.05) is 0 Å². The third kappa shape index (κ3) is 4.13. The van der Waals surface area contributed by atoms with Crippen LogP contribution in [0.1, 0.15) is 21.5 Å². The van der Waals surface area contributed by atoms with Crippen molar-refractivity contribution in [1.29, 1.82) is 0 Å². The van der Waals surface area contributed by atoms with Crippen LogP contribution in [-0.4, -0.2) is 16.7 Å². The number of hydrogen-bond acceptors (Lipinski definition) is 5. The largest absolute Gasteiger partial charge is 0.380 e. The van der Waals surface area contributed by atoms with E-state index < -0.39 is 10.9 Å². The van der Waals surface area contributed by atoms with Crippen LogP contribution in [0.15, 0.2) is 53.7 Å². The van der Waals surface area contributed by atoms with Crippen LogP contribution in [-0.2, 0) is 10.2 Å². The number of nitrogens with two attached hydrogens (primary N) is 1. The van der Waals surface area contributed by atoms with E-state index in [0.29, 0.717) is 16.5 Å². The number of nitrogens with zero attached hydrogens (tertiary/aromatic N) is 2. The number of halogens is 1. The van der Waals surface area contributed by atoms with E-state index >= 15 is 0 Å². The van der Waals surface area contributed by atoms with E-state index in [1.807, 2.05) is 6.07 Å². The minimum absolute atomic E-state index is 0.0513. The molecule has 23 heavy (non-hydrogen) atoms. The van der Waals surface area contributed by atoms with E-state index in [1.165, 1.54) is 24.3 Å². The van der Waals surface area contributed by atoms with Gasteiger partial charge in [-0.25, -0.2) is 4.79 Å². The number of rotatable bonds is 5. The van der Waals surface area contributed by atoms with Gasteiger partial charge in [0, 0.05) is 23.0 Å². The topological polar surface area (TPSA) is 108 Å². The third-order valence-electron chi connectivity index (χ3n) is 2.98. The summed E-state index contributed by atoms with van der Waals surface area (Å²) in [5, 5.41) is 14.7. The highest BCUT2D eigenvalue weighted by Crippen LogP contribution is 2.14. The van der Waals surface area contributed by atoms with Crippen molar-refractivity contribution >= 4 is 33.4 Å². The lowest BCUT2D eigenvalue weighted by atomic mass is 10.1. The second-order valence-corrected chi connectivity index (χ2v) is 5.01. The Bertz CT molecular complexity index is 760. The molecule has 2 aromatic rings. The highest BCUT2D eigenvalue weighted by atomic mass is 79.9. The monoisotopic (exact) mass is 377 g/mol. The van der Waals surface area contributed by atoms with Gasteiger partial charge in [-0.1, -0.05) is 39.3 Å². The van der Waals surface area contributed by atoms with Crippen LogP contribution in [0.5, 0.6) is 0 Å². The lowest BCUT2D eigenvalue weighted by Crippen LogP contribution is -2.15. The first-order chi connectivity index (χ1) is 11.0. The number of alkyl halides is 1. The van der Waals surface area contributed by atoms with Crippen LogP contribution >= 0.6 is 15.9 Å². The van der Waals surface area contributed by atoms with E-state index in [4.69, 9.17) is 10.6 Å². The summed E-state index contributed by atoms with van der Waals surface area (Å²) in [6.07, 6.45) is 0. The van der Waals surface area contributed by atoms with Crippen LogP contribution < -0.4 is 5.73 Å². The molecule has 0 aromatic heterocycles. The molecule has 0 aliphatic carbocycles. The molecule has 8 heteroatoms. The number of carbonyl (C=O) groups excluding carboxylic acids is 1. The van der Waals surface area contributed by atoms with Gasteiger partial charge in [0.05, 0.1) is 10.5 Å². The number of hydrogen-bond donors (Lipinski definition) is 1. The number of carbonyl (C=O) groups is 1. The van der Waals surface area contributed by atoms with Crippen LogP contribution in [0.2, 0.25) is 0 Å². The SMILES string of the molecule is N/C(=N\OC(=O)c1ccccc1CBr)c1ccc([N+](=O)[O-])cc1. The number of amidine groups is 1. The molecular formula is C15H12BrN3O4. The van der Waals surface area contributed by atoms with Crippen molar-refractivity contribution in [3.05, 3.63) is 75.3 Å². The number of non-ortho nitro benzene ring substituents is 1. The molecule has 118 valence electrons.